The molecule has 1 rings (SSSR count). The van der Waals surface area contributed by atoms with Gasteiger partial charge in [-0.3, -0.25) is 0 Å². The number of halogens is 1. The van der Waals surface area contributed by atoms with Crippen molar-refractivity contribution in [2.75, 3.05) is 30.5 Å². The zero-order valence-corrected chi connectivity index (χ0v) is 10.7. The Hall–Kier alpha value is -1.30. The molecule has 1 N–H and O–H groups in total. The summed E-state index contributed by atoms with van der Waals surface area (Å²) in [7, 11) is -1.55. The highest BCUT2D eigenvalue weighted by Gasteiger charge is 2.08. The van der Waals surface area contributed by atoms with E-state index in [0.717, 1.165) is 0 Å². The van der Waals surface area contributed by atoms with Crippen molar-refractivity contribution < 1.29 is 17.5 Å². The second-order valence-corrected chi connectivity index (χ2v) is 5.98. The van der Waals surface area contributed by atoms with E-state index >= 15 is 0 Å². The second kappa shape index (κ2) is 5.86. The summed E-state index contributed by atoms with van der Waals surface area (Å²) >= 11 is 0. The number of benzene rings is 1. The van der Waals surface area contributed by atoms with Crippen molar-refractivity contribution in [2.24, 2.45) is 0 Å². The minimum atomic E-state index is -3.03. The van der Waals surface area contributed by atoms with Gasteiger partial charge in [0.15, 0.2) is 9.84 Å². The van der Waals surface area contributed by atoms with Crippen molar-refractivity contribution in [1.29, 1.82) is 0 Å². The number of sulfone groups is 1. The summed E-state index contributed by atoms with van der Waals surface area (Å²) in [5, 5.41) is 2.74. The molecule has 0 aliphatic carbocycles. The number of hydrogen-bond donors (Lipinski definition) is 1. The van der Waals surface area contributed by atoms with Crippen molar-refractivity contribution in [1.82, 2.24) is 0 Å². The molecule has 0 atom stereocenters. The number of nitrogens with one attached hydrogen (secondary N) is 1. The highest BCUT2D eigenvalue weighted by molar-refractivity contribution is 7.91. The van der Waals surface area contributed by atoms with Crippen molar-refractivity contribution in [3.8, 4) is 5.75 Å². The molecule has 0 saturated heterocycles. The zero-order chi connectivity index (χ0) is 12.9. The average molecular weight is 261 g/mol. The SMILES string of the molecule is CCS(=O)(=O)CCNc1cc(OC)ccc1F. The van der Waals surface area contributed by atoms with E-state index in [1.54, 1.807) is 6.92 Å². The standard InChI is InChI=1S/C11H16FNO3S/c1-3-17(14,15)7-6-13-11-8-9(16-2)4-5-10(11)12/h4-5,8,13H,3,6-7H2,1-2H3. The number of hydrogen-bond acceptors (Lipinski definition) is 4. The van der Waals surface area contributed by atoms with Gasteiger partial charge in [0.05, 0.1) is 18.6 Å². The Morgan fingerprint density at radius 1 is 1.41 bits per heavy atom. The molecular formula is C11H16FNO3S. The molecule has 0 radical (unpaired) electrons. The molecule has 0 aliphatic rings. The van der Waals surface area contributed by atoms with Crippen LogP contribution in [0.2, 0.25) is 0 Å². The summed E-state index contributed by atoms with van der Waals surface area (Å²) in [5.74, 6) is 0.169. The van der Waals surface area contributed by atoms with Gasteiger partial charge in [0.25, 0.3) is 0 Å². The van der Waals surface area contributed by atoms with E-state index in [-0.39, 0.29) is 23.7 Å². The molecule has 0 heterocycles. The normalized spacial score (nSPS) is 11.2. The van der Waals surface area contributed by atoms with Crippen LogP contribution in [0, 0.1) is 5.82 Å². The van der Waals surface area contributed by atoms with Crippen molar-refractivity contribution >= 4 is 15.5 Å². The third-order valence-electron chi connectivity index (χ3n) is 2.34. The fourth-order valence-electron chi connectivity index (χ4n) is 1.25. The molecule has 17 heavy (non-hydrogen) atoms. The van der Waals surface area contributed by atoms with Crippen LogP contribution in [-0.2, 0) is 9.84 Å². The minimum Gasteiger partial charge on any atom is -0.497 e. The maximum atomic E-state index is 13.3. The van der Waals surface area contributed by atoms with Crippen molar-refractivity contribution in [3.05, 3.63) is 24.0 Å². The Bertz CT molecular complexity index is 474. The number of anilines is 1. The predicted octanol–water partition coefficient (Wildman–Crippen LogP) is 1.68. The largest absolute Gasteiger partial charge is 0.497 e. The Morgan fingerprint density at radius 2 is 2.12 bits per heavy atom. The first-order chi connectivity index (χ1) is 7.98. The van der Waals surface area contributed by atoms with Crippen LogP contribution in [0.25, 0.3) is 0 Å². The lowest BCUT2D eigenvalue weighted by molar-refractivity contribution is 0.414. The Morgan fingerprint density at radius 3 is 2.71 bits per heavy atom. The van der Waals surface area contributed by atoms with E-state index in [4.69, 9.17) is 4.74 Å². The van der Waals surface area contributed by atoms with Gasteiger partial charge in [0, 0.05) is 18.4 Å². The van der Waals surface area contributed by atoms with Gasteiger partial charge < -0.3 is 10.1 Å². The van der Waals surface area contributed by atoms with Crippen LogP contribution < -0.4 is 10.1 Å². The topological polar surface area (TPSA) is 55.4 Å². The van der Waals surface area contributed by atoms with Crippen LogP contribution in [0.4, 0.5) is 10.1 Å². The summed E-state index contributed by atoms with van der Waals surface area (Å²) in [5.41, 5.74) is 0.246. The molecule has 0 amide bonds. The summed E-state index contributed by atoms with van der Waals surface area (Å²) in [6, 6.07) is 4.27. The van der Waals surface area contributed by atoms with E-state index < -0.39 is 15.7 Å². The zero-order valence-electron chi connectivity index (χ0n) is 9.86. The van der Waals surface area contributed by atoms with E-state index in [1.165, 1.54) is 25.3 Å². The van der Waals surface area contributed by atoms with Crippen LogP contribution in [0.5, 0.6) is 5.75 Å². The highest BCUT2D eigenvalue weighted by atomic mass is 32.2. The molecule has 6 heteroatoms. The smallest absolute Gasteiger partial charge is 0.151 e. The summed E-state index contributed by atoms with van der Waals surface area (Å²) in [6.45, 7) is 1.77. The van der Waals surface area contributed by atoms with Gasteiger partial charge in [0.2, 0.25) is 0 Å². The third kappa shape index (κ3) is 4.22. The van der Waals surface area contributed by atoms with Crippen LogP contribution in [-0.4, -0.2) is 33.6 Å². The second-order valence-electron chi connectivity index (χ2n) is 3.51. The minimum absolute atomic E-state index is 0.0137. The molecule has 4 nitrogen and oxygen atoms in total. The molecule has 0 unspecified atom stereocenters. The molecular weight excluding hydrogens is 245 g/mol. The molecule has 0 fully saturated rings. The van der Waals surface area contributed by atoms with E-state index in [1.807, 2.05) is 0 Å². The molecule has 0 aliphatic heterocycles. The van der Waals surface area contributed by atoms with Crippen molar-refractivity contribution in [3.63, 3.8) is 0 Å². The van der Waals surface area contributed by atoms with Gasteiger partial charge in [0.1, 0.15) is 11.6 Å². The monoisotopic (exact) mass is 261 g/mol. The molecule has 0 aromatic heterocycles. The Balaban J connectivity index is 2.63. The maximum Gasteiger partial charge on any atom is 0.151 e. The van der Waals surface area contributed by atoms with E-state index in [0.29, 0.717) is 5.75 Å². The lowest BCUT2D eigenvalue weighted by Crippen LogP contribution is -2.17. The van der Waals surface area contributed by atoms with Crippen LogP contribution in [0.15, 0.2) is 18.2 Å². The van der Waals surface area contributed by atoms with Gasteiger partial charge in [-0.2, -0.15) is 0 Å². The maximum absolute atomic E-state index is 13.3. The van der Waals surface area contributed by atoms with Crippen LogP contribution in [0.3, 0.4) is 0 Å². The summed E-state index contributed by atoms with van der Waals surface area (Å²) in [4.78, 5) is 0. The Labute approximate surface area is 101 Å². The molecule has 1 aromatic carbocycles. The lowest BCUT2D eigenvalue weighted by Gasteiger charge is -2.09. The predicted molar refractivity (Wildman–Crippen MR) is 65.8 cm³/mol. The van der Waals surface area contributed by atoms with E-state index in [9.17, 15) is 12.8 Å². The summed E-state index contributed by atoms with van der Waals surface area (Å²) < 4.78 is 40.8. The first-order valence-corrected chi connectivity index (χ1v) is 7.08. The van der Waals surface area contributed by atoms with Crippen LogP contribution in [0.1, 0.15) is 6.92 Å². The molecule has 1 aromatic rings. The van der Waals surface area contributed by atoms with Gasteiger partial charge in [-0.15, -0.1) is 0 Å². The number of methoxy groups -OCH3 is 1. The first kappa shape index (κ1) is 13.8. The third-order valence-corrected chi connectivity index (χ3v) is 4.05. The molecule has 0 bridgehead atoms. The van der Waals surface area contributed by atoms with Gasteiger partial charge in [-0.05, 0) is 12.1 Å². The number of rotatable bonds is 6. The first-order valence-electron chi connectivity index (χ1n) is 5.26. The summed E-state index contributed by atoms with van der Waals surface area (Å²) in [6.07, 6.45) is 0. The average Bonchev–Trinajstić information content (AvgIpc) is 2.31. The van der Waals surface area contributed by atoms with Crippen molar-refractivity contribution in [2.45, 2.75) is 6.92 Å². The molecule has 0 saturated carbocycles. The van der Waals surface area contributed by atoms with Gasteiger partial charge in [-0.25, -0.2) is 12.8 Å². The van der Waals surface area contributed by atoms with Crippen LogP contribution >= 0.6 is 0 Å². The Kier molecular flexibility index (Phi) is 4.74. The number of ether oxygens (including phenoxy) is 1. The lowest BCUT2D eigenvalue weighted by atomic mass is 10.3. The highest BCUT2D eigenvalue weighted by Crippen LogP contribution is 2.20. The quantitative estimate of drug-likeness (QED) is 0.846. The molecule has 0 spiro atoms. The molecule has 96 valence electrons. The van der Waals surface area contributed by atoms with Gasteiger partial charge >= 0.3 is 0 Å². The fraction of sp³-hybridized carbons (Fsp3) is 0.455. The fourth-order valence-corrected chi connectivity index (χ4v) is 1.95. The van der Waals surface area contributed by atoms with E-state index in [2.05, 4.69) is 5.32 Å². The van der Waals surface area contributed by atoms with Gasteiger partial charge in [-0.1, -0.05) is 6.92 Å².